The molecule has 2 aliphatic rings. The molecule has 4 rings (SSSR count). The largest absolute Gasteiger partial charge is 0.464 e. The van der Waals surface area contributed by atoms with Crippen LogP contribution in [0.4, 0.5) is 5.69 Å². The quantitative estimate of drug-likeness (QED) is 0.295. The van der Waals surface area contributed by atoms with E-state index in [4.69, 9.17) is 32.9 Å². The zero-order chi connectivity index (χ0) is 25.9. The van der Waals surface area contributed by atoms with Gasteiger partial charge in [-0.15, -0.1) is 0 Å². The van der Waals surface area contributed by atoms with Crippen molar-refractivity contribution in [2.45, 2.75) is 56.3 Å². The molecule has 1 N–H and O–H groups in total. The van der Waals surface area contributed by atoms with Crippen molar-refractivity contribution in [1.29, 1.82) is 0 Å². The minimum absolute atomic E-state index is 0.169. The first-order chi connectivity index (χ1) is 17.3. The van der Waals surface area contributed by atoms with Gasteiger partial charge in [0.2, 0.25) is 0 Å². The Labute approximate surface area is 228 Å². The van der Waals surface area contributed by atoms with Crippen molar-refractivity contribution >= 4 is 68.2 Å². The molecule has 2 aliphatic carbocycles. The Hall–Kier alpha value is -2.22. The van der Waals surface area contributed by atoms with Crippen LogP contribution >= 0.6 is 39.1 Å². The molecule has 1 amide bonds. The molecule has 0 aromatic heterocycles. The second-order valence-corrected chi connectivity index (χ2v) is 10.8. The van der Waals surface area contributed by atoms with Crippen LogP contribution in [-0.4, -0.2) is 40.8 Å². The summed E-state index contributed by atoms with van der Waals surface area (Å²) in [6.45, 7) is 2.01. The minimum Gasteiger partial charge on any atom is -0.464 e. The molecule has 0 aliphatic heterocycles. The van der Waals surface area contributed by atoms with Gasteiger partial charge in [0.25, 0.3) is 5.91 Å². The molecule has 0 heterocycles. The van der Waals surface area contributed by atoms with Gasteiger partial charge in [-0.25, -0.2) is 4.79 Å². The highest BCUT2D eigenvalue weighted by molar-refractivity contribution is 9.10. The zero-order valence-corrected chi connectivity index (χ0v) is 23.0. The Balaban J connectivity index is 1.51. The molecule has 0 radical (unpaired) electrons. The number of nitrogens with one attached hydrogen (secondary N) is 1. The van der Waals surface area contributed by atoms with Crippen LogP contribution in [0.15, 0.2) is 47.5 Å². The van der Waals surface area contributed by atoms with Crippen LogP contribution in [-0.2, 0) is 20.7 Å². The van der Waals surface area contributed by atoms with E-state index in [9.17, 15) is 14.4 Å². The van der Waals surface area contributed by atoms with Gasteiger partial charge < -0.3 is 10.1 Å². The van der Waals surface area contributed by atoms with Crippen molar-refractivity contribution < 1.29 is 19.1 Å². The van der Waals surface area contributed by atoms with E-state index in [1.807, 2.05) is 12.1 Å². The van der Waals surface area contributed by atoms with Crippen LogP contribution in [0.2, 0.25) is 10.0 Å². The Kier molecular flexibility index (Phi) is 8.53. The van der Waals surface area contributed by atoms with Crippen molar-refractivity contribution in [2.75, 3.05) is 11.9 Å². The van der Waals surface area contributed by atoms with Crippen molar-refractivity contribution in [3.8, 4) is 0 Å². The van der Waals surface area contributed by atoms with Gasteiger partial charge in [0.15, 0.2) is 11.8 Å². The van der Waals surface area contributed by atoms with Gasteiger partial charge in [0, 0.05) is 17.8 Å². The van der Waals surface area contributed by atoms with Crippen LogP contribution in [0.1, 0.15) is 54.9 Å². The lowest BCUT2D eigenvalue weighted by Crippen LogP contribution is -2.61. The fourth-order valence-corrected chi connectivity index (χ4v) is 6.51. The summed E-state index contributed by atoms with van der Waals surface area (Å²) in [5, 5.41) is 3.33. The molecule has 6 nitrogen and oxygen atoms in total. The predicted octanol–water partition coefficient (Wildman–Crippen LogP) is 6.46. The lowest BCUT2D eigenvalue weighted by molar-refractivity contribution is -0.144. The summed E-state index contributed by atoms with van der Waals surface area (Å²) < 4.78 is 5.30. The highest BCUT2D eigenvalue weighted by Gasteiger charge is 2.58. The van der Waals surface area contributed by atoms with E-state index in [2.05, 4.69) is 21.2 Å². The number of Topliss-reactive ketones (excluding diaryl/α,β-unsaturated/α-hetero) is 1. The van der Waals surface area contributed by atoms with Crippen LogP contribution in [0.25, 0.3) is 0 Å². The maximum absolute atomic E-state index is 12.8. The lowest BCUT2D eigenvalue weighted by Gasteiger charge is -2.47. The molecule has 2 aromatic carbocycles. The van der Waals surface area contributed by atoms with Crippen LogP contribution in [0.5, 0.6) is 0 Å². The smallest absolute Gasteiger partial charge is 0.331 e. The third kappa shape index (κ3) is 5.38. The number of carbonyl (C=O) groups excluding carboxylic acids is 3. The van der Waals surface area contributed by atoms with E-state index in [0.717, 1.165) is 43.4 Å². The molecule has 1 spiro atoms. The minimum atomic E-state index is -0.755. The Morgan fingerprint density at radius 1 is 1.11 bits per heavy atom. The molecule has 1 unspecified atom stereocenters. The number of rotatable bonds is 7. The van der Waals surface area contributed by atoms with E-state index in [0.29, 0.717) is 12.1 Å². The van der Waals surface area contributed by atoms with Gasteiger partial charge in [-0.2, -0.15) is 0 Å². The lowest BCUT2D eigenvalue weighted by atomic mass is 9.58. The van der Waals surface area contributed by atoms with E-state index >= 15 is 0 Å². The number of nitrogens with zero attached hydrogens (tertiary/aromatic N) is 1. The van der Waals surface area contributed by atoms with E-state index < -0.39 is 28.2 Å². The monoisotopic (exact) mass is 592 g/mol. The molecule has 190 valence electrons. The van der Waals surface area contributed by atoms with Gasteiger partial charge in [-0.3, -0.25) is 14.6 Å². The van der Waals surface area contributed by atoms with Gasteiger partial charge in [-0.05, 0) is 49.6 Å². The number of hydrogen-bond acceptors (Lipinski definition) is 5. The summed E-state index contributed by atoms with van der Waals surface area (Å²) in [6.07, 6.45) is 4.97. The van der Waals surface area contributed by atoms with Gasteiger partial charge in [0.1, 0.15) is 4.83 Å². The number of alkyl halides is 1. The molecule has 2 fully saturated rings. The fourth-order valence-electron chi connectivity index (χ4n) is 4.95. The van der Waals surface area contributed by atoms with Gasteiger partial charge in [-0.1, -0.05) is 76.6 Å². The summed E-state index contributed by atoms with van der Waals surface area (Å²) in [5.74, 6) is -0.659. The summed E-state index contributed by atoms with van der Waals surface area (Å²) >= 11 is 15.7. The van der Waals surface area contributed by atoms with Crippen molar-refractivity contribution in [1.82, 2.24) is 0 Å². The number of aliphatic imine (C=N–C) groups is 1. The van der Waals surface area contributed by atoms with Crippen LogP contribution < -0.4 is 5.32 Å². The normalized spacial score (nSPS) is 20.6. The molecule has 2 atom stereocenters. The Morgan fingerprint density at radius 3 is 2.36 bits per heavy atom. The predicted molar refractivity (Wildman–Crippen MR) is 146 cm³/mol. The van der Waals surface area contributed by atoms with Crippen LogP contribution in [0.3, 0.4) is 0 Å². The Morgan fingerprint density at radius 2 is 1.75 bits per heavy atom. The molecule has 0 bridgehead atoms. The third-order valence-electron chi connectivity index (χ3n) is 6.82. The van der Waals surface area contributed by atoms with Crippen molar-refractivity contribution in [3.63, 3.8) is 0 Å². The number of hydrogen-bond donors (Lipinski definition) is 1. The first-order valence-electron chi connectivity index (χ1n) is 12.0. The first-order valence-corrected chi connectivity index (χ1v) is 13.7. The number of benzene rings is 2. The number of halogens is 3. The summed E-state index contributed by atoms with van der Waals surface area (Å²) in [5.41, 5.74) is 1.85. The molecule has 2 saturated carbocycles. The SMILES string of the molecule is CCOC(=O)[C@H](Cc1ccc(NC(=O)c2c(Cl)cccc2Cl)cc1)N=C1C(Br)C(=O)C12CCCCC2. The highest BCUT2D eigenvalue weighted by atomic mass is 79.9. The first kappa shape index (κ1) is 26.8. The van der Waals surface area contributed by atoms with E-state index in [-0.39, 0.29) is 28.0 Å². The number of ether oxygens (including phenoxy) is 1. The molecule has 36 heavy (non-hydrogen) atoms. The molecular formula is C27H27BrCl2N2O4. The molecular weight excluding hydrogens is 567 g/mol. The van der Waals surface area contributed by atoms with Gasteiger partial charge >= 0.3 is 5.97 Å². The number of amides is 1. The number of anilines is 1. The topological polar surface area (TPSA) is 84.8 Å². The number of carbonyl (C=O) groups is 3. The molecule has 0 saturated heterocycles. The maximum Gasteiger partial charge on any atom is 0.331 e. The van der Waals surface area contributed by atoms with Crippen LogP contribution in [0, 0.1) is 5.41 Å². The van der Waals surface area contributed by atoms with E-state index in [1.54, 1.807) is 37.3 Å². The summed E-state index contributed by atoms with van der Waals surface area (Å²) in [4.78, 5) is 42.6. The number of esters is 1. The Bertz CT molecular complexity index is 1170. The summed E-state index contributed by atoms with van der Waals surface area (Å²) in [7, 11) is 0. The maximum atomic E-state index is 12.8. The average Bonchev–Trinajstić information content (AvgIpc) is 2.87. The van der Waals surface area contributed by atoms with E-state index in [1.165, 1.54) is 0 Å². The van der Waals surface area contributed by atoms with Gasteiger partial charge in [0.05, 0.1) is 27.6 Å². The fraction of sp³-hybridized carbons (Fsp3) is 0.407. The van der Waals surface area contributed by atoms with Crippen molar-refractivity contribution in [3.05, 3.63) is 63.6 Å². The third-order valence-corrected chi connectivity index (χ3v) is 8.30. The number of ketones is 1. The standard InChI is InChI=1S/C27H27BrCl2N2O4/c1-2-36-26(35)20(32-23-22(28)24(33)27(23)13-4-3-5-14-27)15-16-9-11-17(12-10-16)31-25(34)21-18(29)7-6-8-19(21)30/h6-12,20,22H,2-5,13-15H2,1H3,(H,31,34)/t20-,22?/m0/s1. The van der Waals surface area contributed by atoms with Crippen molar-refractivity contribution in [2.24, 2.45) is 10.4 Å². The summed E-state index contributed by atoms with van der Waals surface area (Å²) in [6, 6.07) is 11.3. The molecule has 9 heteroatoms. The average molecular weight is 594 g/mol. The molecule has 2 aromatic rings. The second kappa shape index (κ2) is 11.4. The zero-order valence-electron chi connectivity index (χ0n) is 19.9. The highest BCUT2D eigenvalue weighted by Crippen LogP contribution is 2.49. The second-order valence-electron chi connectivity index (χ2n) is 9.10.